The largest absolute Gasteiger partial charge is 0.497 e. The van der Waals surface area contributed by atoms with E-state index in [-0.39, 0.29) is 18.2 Å². The Morgan fingerprint density at radius 1 is 1.00 bits per heavy atom. The molecule has 0 atom stereocenters. The van der Waals surface area contributed by atoms with Gasteiger partial charge in [0.1, 0.15) is 18.0 Å². The van der Waals surface area contributed by atoms with Crippen LogP contribution in [0.3, 0.4) is 0 Å². The summed E-state index contributed by atoms with van der Waals surface area (Å²) in [7, 11) is -2.27. The number of carbonyl (C=O) groups is 2. The van der Waals surface area contributed by atoms with Crippen molar-refractivity contribution in [3.05, 3.63) is 83.4 Å². The number of anilines is 2. The molecule has 10 nitrogen and oxygen atoms in total. The maximum atomic E-state index is 12.3. The maximum absolute atomic E-state index is 12.3. The normalized spacial score (nSPS) is 11.1. The highest BCUT2D eigenvalue weighted by molar-refractivity contribution is 7.92. The highest BCUT2D eigenvalue weighted by atomic mass is 35.5. The van der Waals surface area contributed by atoms with Crippen LogP contribution in [-0.2, 0) is 19.6 Å². The quantitative estimate of drug-likeness (QED) is 0.282. The second-order valence-corrected chi connectivity index (χ2v) is 10.0. The fraction of sp³-hybridized carbons (Fsp3) is 0.160. The molecular weight excluding hydrogens is 520 g/mol. The van der Waals surface area contributed by atoms with E-state index in [1.807, 2.05) is 0 Å². The number of sulfonamides is 1. The Kier molecular flexibility index (Phi) is 9.47. The van der Waals surface area contributed by atoms with Crippen molar-refractivity contribution < 1.29 is 27.5 Å². The molecule has 0 spiro atoms. The summed E-state index contributed by atoms with van der Waals surface area (Å²) in [5, 5.41) is 7.07. The molecule has 0 fully saturated rings. The first-order valence-electron chi connectivity index (χ1n) is 10.9. The Hall–Kier alpha value is -4.09. The van der Waals surface area contributed by atoms with Crippen LogP contribution >= 0.6 is 11.6 Å². The first kappa shape index (κ1) is 27.5. The number of benzene rings is 3. The van der Waals surface area contributed by atoms with Crippen LogP contribution in [0.1, 0.15) is 5.56 Å². The predicted octanol–water partition coefficient (Wildman–Crippen LogP) is 3.28. The molecule has 12 heteroatoms. The van der Waals surface area contributed by atoms with Gasteiger partial charge in [-0.1, -0.05) is 23.7 Å². The van der Waals surface area contributed by atoms with Gasteiger partial charge in [0, 0.05) is 16.8 Å². The van der Waals surface area contributed by atoms with Crippen LogP contribution in [0.5, 0.6) is 11.5 Å². The number of nitrogens with one attached hydrogen (secondary N) is 2. The molecule has 0 saturated heterocycles. The van der Waals surface area contributed by atoms with Gasteiger partial charge >= 0.3 is 0 Å². The van der Waals surface area contributed by atoms with E-state index >= 15 is 0 Å². The number of amides is 2. The number of hydrogen-bond donors (Lipinski definition) is 2. The van der Waals surface area contributed by atoms with Crippen molar-refractivity contribution in [3.8, 4) is 11.5 Å². The van der Waals surface area contributed by atoms with E-state index < -0.39 is 22.5 Å². The third-order valence-electron chi connectivity index (χ3n) is 4.79. The van der Waals surface area contributed by atoms with Crippen LogP contribution in [0.4, 0.5) is 11.4 Å². The lowest BCUT2D eigenvalue weighted by Crippen LogP contribution is -2.39. The number of methoxy groups -OCH3 is 1. The van der Waals surface area contributed by atoms with Gasteiger partial charge in [-0.3, -0.25) is 13.9 Å². The van der Waals surface area contributed by atoms with Gasteiger partial charge in [0.05, 0.1) is 25.3 Å². The molecule has 194 valence electrons. The maximum Gasteiger partial charge on any atom is 0.262 e. The minimum Gasteiger partial charge on any atom is -0.497 e. The van der Waals surface area contributed by atoms with E-state index in [0.29, 0.717) is 27.8 Å². The van der Waals surface area contributed by atoms with Crippen molar-refractivity contribution in [2.24, 2.45) is 5.10 Å². The highest BCUT2D eigenvalue weighted by Crippen LogP contribution is 2.23. The number of hydrogen-bond acceptors (Lipinski definition) is 7. The van der Waals surface area contributed by atoms with Crippen molar-refractivity contribution in [3.63, 3.8) is 0 Å². The molecule has 3 rings (SSSR count). The lowest BCUT2D eigenvalue weighted by atomic mass is 10.2. The van der Waals surface area contributed by atoms with E-state index in [9.17, 15) is 18.0 Å². The van der Waals surface area contributed by atoms with Crippen molar-refractivity contribution in [2.45, 2.75) is 0 Å². The zero-order valence-corrected chi connectivity index (χ0v) is 21.6. The SMILES string of the molecule is COc1cccc(N(CC(=O)N/N=C/c2ccc(OCC(=O)Nc3cccc(Cl)c3)cc2)S(C)(=O)=O)c1. The Labute approximate surface area is 219 Å². The van der Waals surface area contributed by atoms with E-state index in [4.69, 9.17) is 21.1 Å². The molecule has 0 bridgehead atoms. The summed E-state index contributed by atoms with van der Waals surface area (Å²) in [5.74, 6) is -0.0499. The van der Waals surface area contributed by atoms with Crippen molar-refractivity contribution in [1.82, 2.24) is 5.43 Å². The molecule has 0 aromatic heterocycles. The summed E-state index contributed by atoms with van der Waals surface area (Å²) in [6.07, 6.45) is 2.40. The Morgan fingerprint density at radius 3 is 2.41 bits per heavy atom. The van der Waals surface area contributed by atoms with E-state index in [2.05, 4.69) is 15.8 Å². The molecule has 2 amide bonds. The lowest BCUT2D eigenvalue weighted by Gasteiger charge is -2.21. The topological polar surface area (TPSA) is 126 Å². The molecule has 0 heterocycles. The molecule has 0 radical (unpaired) electrons. The second-order valence-electron chi connectivity index (χ2n) is 7.68. The number of halogens is 1. The third kappa shape index (κ3) is 8.81. The molecule has 0 aliphatic rings. The Morgan fingerprint density at radius 2 is 1.73 bits per heavy atom. The van der Waals surface area contributed by atoms with Crippen LogP contribution in [0.25, 0.3) is 0 Å². The van der Waals surface area contributed by atoms with Gasteiger partial charge in [0.15, 0.2) is 6.61 Å². The molecular formula is C25H25ClN4O6S. The van der Waals surface area contributed by atoms with Crippen molar-refractivity contribution >= 4 is 51.0 Å². The van der Waals surface area contributed by atoms with Crippen LogP contribution < -0.4 is 24.5 Å². The lowest BCUT2D eigenvalue weighted by molar-refractivity contribution is -0.119. The molecule has 0 unspecified atom stereocenters. The van der Waals surface area contributed by atoms with Crippen LogP contribution in [0.15, 0.2) is 77.9 Å². The molecule has 3 aromatic carbocycles. The number of ether oxygens (including phenoxy) is 2. The molecule has 0 saturated carbocycles. The summed E-state index contributed by atoms with van der Waals surface area (Å²) >= 11 is 5.90. The first-order valence-corrected chi connectivity index (χ1v) is 13.1. The van der Waals surface area contributed by atoms with Crippen molar-refractivity contribution in [2.75, 3.05) is 36.1 Å². The zero-order chi connectivity index (χ0) is 26.8. The van der Waals surface area contributed by atoms with Crippen LogP contribution in [0.2, 0.25) is 5.02 Å². The number of rotatable bonds is 11. The fourth-order valence-corrected chi connectivity index (χ4v) is 4.11. The average Bonchev–Trinajstić information content (AvgIpc) is 2.86. The number of carbonyl (C=O) groups excluding carboxylic acids is 2. The molecule has 37 heavy (non-hydrogen) atoms. The van der Waals surface area contributed by atoms with Gasteiger partial charge in [0.25, 0.3) is 11.8 Å². The van der Waals surface area contributed by atoms with Gasteiger partial charge in [0.2, 0.25) is 10.0 Å². The average molecular weight is 545 g/mol. The minimum absolute atomic E-state index is 0.194. The van der Waals surface area contributed by atoms with Gasteiger partial charge in [-0.2, -0.15) is 5.10 Å². The van der Waals surface area contributed by atoms with Crippen LogP contribution in [0, 0.1) is 0 Å². The zero-order valence-electron chi connectivity index (χ0n) is 20.0. The van der Waals surface area contributed by atoms with E-state index in [0.717, 1.165) is 10.6 Å². The highest BCUT2D eigenvalue weighted by Gasteiger charge is 2.21. The van der Waals surface area contributed by atoms with E-state index in [1.54, 1.807) is 66.7 Å². The molecule has 0 aliphatic heterocycles. The standard InChI is InChI=1S/C25H25ClN4O6S/c1-35-23-8-4-7-21(14-23)30(37(2,33)34)16-24(31)29-27-15-18-9-11-22(12-10-18)36-17-25(32)28-20-6-3-5-19(26)13-20/h3-15H,16-17H2,1-2H3,(H,28,32)(H,29,31)/b27-15+. The monoisotopic (exact) mass is 544 g/mol. The van der Waals surface area contributed by atoms with Gasteiger partial charge in [-0.15, -0.1) is 0 Å². The number of hydrazone groups is 1. The molecule has 2 N–H and O–H groups in total. The van der Waals surface area contributed by atoms with E-state index in [1.165, 1.54) is 19.4 Å². The second kappa shape index (κ2) is 12.7. The van der Waals surface area contributed by atoms with Gasteiger partial charge < -0.3 is 14.8 Å². The summed E-state index contributed by atoms with van der Waals surface area (Å²) < 4.78 is 36.0. The smallest absolute Gasteiger partial charge is 0.262 e. The molecule has 0 aliphatic carbocycles. The predicted molar refractivity (Wildman–Crippen MR) is 143 cm³/mol. The fourth-order valence-electron chi connectivity index (χ4n) is 3.07. The Bertz CT molecular complexity index is 1380. The summed E-state index contributed by atoms with van der Waals surface area (Å²) in [5.41, 5.74) is 3.81. The first-order chi connectivity index (χ1) is 17.6. The summed E-state index contributed by atoms with van der Waals surface area (Å²) in [4.78, 5) is 24.4. The minimum atomic E-state index is -3.73. The third-order valence-corrected chi connectivity index (χ3v) is 6.17. The summed E-state index contributed by atoms with van der Waals surface area (Å²) in [6.45, 7) is -0.659. The van der Waals surface area contributed by atoms with Crippen molar-refractivity contribution in [1.29, 1.82) is 0 Å². The van der Waals surface area contributed by atoms with Gasteiger partial charge in [-0.25, -0.2) is 13.8 Å². The van der Waals surface area contributed by atoms with Crippen LogP contribution in [-0.4, -0.2) is 53.0 Å². The molecule has 3 aromatic rings. The number of nitrogens with zero attached hydrogens (tertiary/aromatic N) is 2. The Balaban J connectivity index is 1.50. The van der Waals surface area contributed by atoms with Gasteiger partial charge in [-0.05, 0) is 60.2 Å². The summed E-state index contributed by atoms with van der Waals surface area (Å²) in [6, 6.07) is 19.8.